The van der Waals surface area contributed by atoms with Crippen LogP contribution < -0.4 is 5.32 Å². The molecule has 3 aromatic rings. The number of carbonyl (C=O) groups is 1. The molecule has 4 rings (SSSR count). The zero-order chi connectivity index (χ0) is 18.8. The molecule has 1 aromatic carbocycles. The third-order valence-corrected chi connectivity index (χ3v) is 5.19. The number of Topliss-reactive ketones (excluding diaryl/α,β-unsaturated/α-hetero) is 1. The van der Waals surface area contributed by atoms with Crippen LogP contribution in [0.3, 0.4) is 0 Å². The van der Waals surface area contributed by atoms with Gasteiger partial charge in [0, 0.05) is 29.2 Å². The third-order valence-electron chi connectivity index (χ3n) is 4.96. The number of pyridine rings is 1. The van der Waals surface area contributed by atoms with E-state index in [9.17, 15) is 9.90 Å². The van der Waals surface area contributed by atoms with Crippen LogP contribution in [0, 0.1) is 0 Å². The summed E-state index contributed by atoms with van der Waals surface area (Å²) in [5.74, 6) is 0.0495. The second-order valence-corrected chi connectivity index (χ2v) is 7.40. The fourth-order valence-electron chi connectivity index (χ4n) is 3.53. The van der Waals surface area contributed by atoms with Gasteiger partial charge in [0.25, 0.3) is 0 Å². The van der Waals surface area contributed by atoms with Crippen LogP contribution in [0.4, 0.5) is 0 Å². The Labute approximate surface area is 162 Å². The topological polar surface area (TPSA) is 80.0 Å². The number of halogens is 1. The van der Waals surface area contributed by atoms with Gasteiger partial charge in [0.15, 0.2) is 11.4 Å². The molecule has 6 nitrogen and oxygen atoms in total. The molecule has 7 heteroatoms. The third kappa shape index (κ3) is 4.03. The van der Waals surface area contributed by atoms with Crippen molar-refractivity contribution in [3.8, 4) is 11.1 Å². The Morgan fingerprint density at radius 3 is 3.00 bits per heavy atom. The molecule has 2 aromatic heterocycles. The number of aliphatic hydroxyl groups excluding tert-OH is 1. The molecule has 1 aliphatic rings. The fourth-order valence-corrected chi connectivity index (χ4v) is 3.72. The summed E-state index contributed by atoms with van der Waals surface area (Å²) in [5.41, 5.74) is 3.30. The van der Waals surface area contributed by atoms with Gasteiger partial charge in [0.05, 0.1) is 19.0 Å². The molecular weight excluding hydrogens is 364 g/mol. The van der Waals surface area contributed by atoms with Crippen molar-refractivity contribution in [2.75, 3.05) is 6.54 Å². The molecule has 0 spiro atoms. The van der Waals surface area contributed by atoms with Crippen molar-refractivity contribution in [2.24, 2.45) is 0 Å². The molecule has 0 saturated carbocycles. The summed E-state index contributed by atoms with van der Waals surface area (Å²) in [6.07, 6.45) is 4.94. The van der Waals surface area contributed by atoms with Crippen LogP contribution in [-0.2, 0) is 11.3 Å². The fraction of sp³-hybridized carbons (Fsp3) is 0.350. The van der Waals surface area contributed by atoms with Gasteiger partial charge in [-0.15, -0.1) is 0 Å². The minimum atomic E-state index is -0.458. The summed E-state index contributed by atoms with van der Waals surface area (Å²) in [5, 5.41) is 13.9. The Bertz CT molecular complexity index is 972. The van der Waals surface area contributed by atoms with Crippen LogP contribution in [0.5, 0.6) is 0 Å². The smallest absolute Gasteiger partial charge is 0.160 e. The minimum Gasteiger partial charge on any atom is -0.391 e. The van der Waals surface area contributed by atoms with Crippen molar-refractivity contribution >= 4 is 28.5 Å². The van der Waals surface area contributed by atoms with E-state index in [1.165, 1.54) is 0 Å². The van der Waals surface area contributed by atoms with Crippen molar-refractivity contribution < 1.29 is 9.90 Å². The standard InChI is InChI=1S/C20H21ClN4O2/c21-15-4-1-3-13(7-15)14-8-18-20(23-10-14)25(12-24-18)11-16(26)9-17-19(27)5-2-6-22-17/h1,3-4,7-8,10,12,17,19,22,27H,2,5-6,9,11H2/t17-,19+/m1/s1. The summed E-state index contributed by atoms with van der Waals surface area (Å²) in [6.45, 7) is 1.04. The number of aromatic nitrogens is 3. The van der Waals surface area contributed by atoms with Gasteiger partial charge < -0.3 is 15.0 Å². The predicted octanol–water partition coefficient (Wildman–Crippen LogP) is 2.82. The Balaban J connectivity index is 1.50. The van der Waals surface area contributed by atoms with Gasteiger partial charge in [-0.2, -0.15) is 0 Å². The first-order valence-electron chi connectivity index (χ1n) is 9.10. The summed E-state index contributed by atoms with van der Waals surface area (Å²) >= 11 is 6.06. The van der Waals surface area contributed by atoms with Crippen LogP contribution >= 0.6 is 11.6 Å². The van der Waals surface area contributed by atoms with Gasteiger partial charge in [-0.1, -0.05) is 23.7 Å². The lowest BCUT2D eigenvalue weighted by Crippen LogP contribution is -2.46. The maximum Gasteiger partial charge on any atom is 0.160 e. The maximum absolute atomic E-state index is 12.5. The monoisotopic (exact) mass is 384 g/mol. The van der Waals surface area contributed by atoms with Gasteiger partial charge in [0.2, 0.25) is 0 Å². The molecule has 0 amide bonds. The molecule has 0 aliphatic carbocycles. The second kappa shape index (κ2) is 7.76. The molecule has 0 radical (unpaired) electrons. The highest BCUT2D eigenvalue weighted by molar-refractivity contribution is 6.30. The van der Waals surface area contributed by atoms with Crippen LogP contribution in [-0.4, -0.2) is 44.1 Å². The van der Waals surface area contributed by atoms with Crippen molar-refractivity contribution in [1.29, 1.82) is 0 Å². The molecule has 1 aliphatic heterocycles. The summed E-state index contributed by atoms with van der Waals surface area (Å²) in [6, 6.07) is 9.36. The van der Waals surface area contributed by atoms with E-state index >= 15 is 0 Å². The summed E-state index contributed by atoms with van der Waals surface area (Å²) in [4.78, 5) is 21.3. The van der Waals surface area contributed by atoms with Crippen molar-refractivity contribution in [3.05, 3.63) is 47.9 Å². The SMILES string of the molecule is O=C(C[C@H]1NCCC[C@@H]1O)Cn1cnc2cc(-c3cccc(Cl)c3)cnc21. The van der Waals surface area contributed by atoms with E-state index in [1.807, 2.05) is 30.3 Å². The van der Waals surface area contributed by atoms with Gasteiger partial charge in [-0.3, -0.25) is 4.79 Å². The number of piperidine rings is 1. The van der Waals surface area contributed by atoms with E-state index in [1.54, 1.807) is 17.1 Å². The number of rotatable bonds is 5. The number of nitrogens with zero attached hydrogens (tertiary/aromatic N) is 3. The summed E-state index contributed by atoms with van der Waals surface area (Å²) in [7, 11) is 0. The zero-order valence-corrected chi connectivity index (χ0v) is 15.6. The molecule has 140 valence electrons. The number of ketones is 1. The zero-order valence-electron chi connectivity index (χ0n) is 14.8. The molecule has 2 atom stereocenters. The Morgan fingerprint density at radius 2 is 2.19 bits per heavy atom. The number of aliphatic hydroxyl groups is 1. The van der Waals surface area contributed by atoms with E-state index in [4.69, 9.17) is 11.6 Å². The highest BCUT2D eigenvalue weighted by Gasteiger charge is 2.25. The highest BCUT2D eigenvalue weighted by atomic mass is 35.5. The number of hydrogen-bond acceptors (Lipinski definition) is 5. The number of nitrogens with one attached hydrogen (secondary N) is 1. The lowest BCUT2D eigenvalue weighted by molar-refractivity contribution is -0.121. The molecule has 1 saturated heterocycles. The van der Waals surface area contributed by atoms with E-state index in [0.29, 0.717) is 17.1 Å². The van der Waals surface area contributed by atoms with Crippen molar-refractivity contribution in [1.82, 2.24) is 19.9 Å². The molecule has 0 bridgehead atoms. The average molecular weight is 385 g/mol. The van der Waals surface area contributed by atoms with Crippen LogP contribution in [0.25, 0.3) is 22.3 Å². The Morgan fingerprint density at radius 1 is 1.30 bits per heavy atom. The average Bonchev–Trinajstić information content (AvgIpc) is 3.05. The largest absolute Gasteiger partial charge is 0.391 e. The predicted molar refractivity (Wildman–Crippen MR) is 105 cm³/mol. The first-order chi connectivity index (χ1) is 13.1. The second-order valence-electron chi connectivity index (χ2n) is 6.96. The first kappa shape index (κ1) is 18.1. The Hall–Kier alpha value is -2.28. The minimum absolute atomic E-state index is 0.0495. The van der Waals surface area contributed by atoms with Crippen molar-refractivity contribution in [3.63, 3.8) is 0 Å². The van der Waals surface area contributed by atoms with Crippen LogP contribution in [0.15, 0.2) is 42.9 Å². The van der Waals surface area contributed by atoms with E-state index in [-0.39, 0.29) is 18.4 Å². The molecule has 27 heavy (non-hydrogen) atoms. The molecule has 2 N–H and O–H groups in total. The molecule has 3 heterocycles. The number of carbonyl (C=O) groups excluding carboxylic acids is 1. The molecule has 1 fully saturated rings. The Kier molecular flexibility index (Phi) is 5.20. The van der Waals surface area contributed by atoms with Gasteiger partial charge in [-0.25, -0.2) is 9.97 Å². The number of imidazole rings is 1. The summed E-state index contributed by atoms with van der Waals surface area (Å²) < 4.78 is 1.76. The van der Waals surface area contributed by atoms with E-state index < -0.39 is 6.10 Å². The van der Waals surface area contributed by atoms with E-state index in [0.717, 1.165) is 36.0 Å². The van der Waals surface area contributed by atoms with Crippen molar-refractivity contribution in [2.45, 2.75) is 38.0 Å². The molecule has 0 unspecified atom stereocenters. The number of hydrogen-bond donors (Lipinski definition) is 2. The number of benzene rings is 1. The van der Waals surface area contributed by atoms with Gasteiger partial charge >= 0.3 is 0 Å². The van der Waals surface area contributed by atoms with E-state index in [2.05, 4.69) is 15.3 Å². The van der Waals surface area contributed by atoms with Gasteiger partial charge in [0.1, 0.15) is 5.52 Å². The normalized spacial score (nSPS) is 20.1. The van der Waals surface area contributed by atoms with Crippen LogP contribution in [0.1, 0.15) is 19.3 Å². The first-order valence-corrected chi connectivity index (χ1v) is 9.48. The number of fused-ring (bicyclic) bond motifs is 1. The highest BCUT2D eigenvalue weighted by Crippen LogP contribution is 2.24. The quantitative estimate of drug-likeness (QED) is 0.707. The van der Waals surface area contributed by atoms with Gasteiger partial charge in [-0.05, 0) is 43.1 Å². The lowest BCUT2D eigenvalue weighted by Gasteiger charge is -2.28. The van der Waals surface area contributed by atoms with Crippen LogP contribution in [0.2, 0.25) is 5.02 Å². The lowest BCUT2D eigenvalue weighted by atomic mass is 9.97. The maximum atomic E-state index is 12.5. The molecular formula is C20H21ClN4O2.